The Morgan fingerprint density at radius 1 is 1.25 bits per heavy atom. The lowest BCUT2D eigenvalue weighted by atomic mass is 9.99. The van der Waals surface area contributed by atoms with Gasteiger partial charge in [0.1, 0.15) is 11.6 Å². The van der Waals surface area contributed by atoms with Gasteiger partial charge in [0.25, 0.3) is 0 Å². The van der Waals surface area contributed by atoms with Gasteiger partial charge in [-0.05, 0) is 33.1 Å². The summed E-state index contributed by atoms with van der Waals surface area (Å²) < 4.78 is 29.9. The van der Waals surface area contributed by atoms with Crippen LogP contribution in [0.1, 0.15) is 41.0 Å². The largest absolute Gasteiger partial charge is 0.458 e. The monoisotopic (exact) mass is 362 g/mol. The molecular formula is C16H30N2O5S. The lowest BCUT2D eigenvalue weighted by Crippen LogP contribution is -2.50. The fraction of sp³-hybridized carbons (Fsp3) is 0.875. The number of nitrogens with zero attached hydrogens (tertiary/aromatic N) is 2. The van der Waals surface area contributed by atoms with Gasteiger partial charge in [0.2, 0.25) is 15.9 Å². The zero-order chi connectivity index (χ0) is 18.9. The minimum atomic E-state index is -3.30. The van der Waals surface area contributed by atoms with Crippen molar-refractivity contribution in [3.05, 3.63) is 0 Å². The summed E-state index contributed by atoms with van der Waals surface area (Å²) in [5.74, 6) is -1.19. The number of rotatable bonds is 5. The van der Waals surface area contributed by atoms with Gasteiger partial charge in [0.05, 0.1) is 12.2 Å². The third-order valence-electron chi connectivity index (χ3n) is 4.01. The van der Waals surface area contributed by atoms with Crippen molar-refractivity contribution in [2.45, 2.75) is 52.7 Å². The number of ether oxygens (including phenoxy) is 1. The molecule has 1 aliphatic rings. The Kier molecular flexibility index (Phi) is 6.43. The van der Waals surface area contributed by atoms with Gasteiger partial charge >= 0.3 is 5.97 Å². The van der Waals surface area contributed by atoms with Crippen LogP contribution in [-0.4, -0.2) is 67.5 Å². The standard InChI is InChI=1S/C16H30N2O5S/c1-11(2)13(15(20)23-16(3,4)5)17(6)14(19)12-8-9-18(10-12)24(7,21)22/h11-13H,8-10H2,1-7H3/t12-,13?/m0/s1. The molecule has 1 saturated heterocycles. The smallest absolute Gasteiger partial charge is 0.329 e. The summed E-state index contributed by atoms with van der Waals surface area (Å²) >= 11 is 0. The molecule has 1 rings (SSSR count). The molecule has 7 nitrogen and oxygen atoms in total. The molecule has 0 bridgehead atoms. The maximum absolute atomic E-state index is 12.7. The van der Waals surface area contributed by atoms with Gasteiger partial charge in [-0.25, -0.2) is 17.5 Å². The van der Waals surface area contributed by atoms with E-state index in [1.165, 1.54) is 9.21 Å². The Balaban J connectivity index is 2.86. The first-order valence-corrected chi connectivity index (χ1v) is 10.0. The van der Waals surface area contributed by atoms with E-state index in [0.717, 1.165) is 6.26 Å². The Morgan fingerprint density at radius 3 is 2.17 bits per heavy atom. The van der Waals surface area contributed by atoms with Gasteiger partial charge in [0.15, 0.2) is 0 Å². The molecule has 1 fully saturated rings. The number of hydrogen-bond acceptors (Lipinski definition) is 5. The fourth-order valence-corrected chi connectivity index (χ4v) is 3.78. The summed E-state index contributed by atoms with van der Waals surface area (Å²) in [7, 11) is -1.72. The van der Waals surface area contributed by atoms with Crippen molar-refractivity contribution in [2.75, 3.05) is 26.4 Å². The number of esters is 1. The highest BCUT2D eigenvalue weighted by atomic mass is 32.2. The second kappa shape index (κ2) is 7.39. The summed E-state index contributed by atoms with van der Waals surface area (Å²) in [6.07, 6.45) is 1.61. The quantitative estimate of drug-likeness (QED) is 0.684. The molecule has 1 aliphatic heterocycles. The third-order valence-corrected chi connectivity index (χ3v) is 5.28. The van der Waals surface area contributed by atoms with Gasteiger partial charge in [0, 0.05) is 20.1 Å². The van der Waals surface area contributed by atoms with Gasteiger partial charge < -0.3 is 9.64 Å². The van der Waals surface area contributed by atoms with Crippen LogP contribution in [0.5, 0.6) is 0 Å². The van der Waals surface area contributed by atoms with Gasteiger partial charge in [-0.15, -0.1) is 0 Å². The molecule has 0 aromatic heterocycles. The van der Waals surface area contributed by atoms with Crippen molar-refractivity contribution in [1.82, 2.24) is 9.21 Å². The second-order valence-corrected chi connectivity index (χ2v) is 9.76. The second-order valence-electron chi connectivity index (χ2n) is 7.78. The summed E-state index contributed by atoms with van der Waals surface area (Å²) in [5.41, 5.74) is -0.630. The minimum absolute atomic E-state index is 0.110. The first-order valence-electron chi connectivity index (χ1n) is 8.18. The molecule has 2 atom stereocenters. The Bertz CT molecular complexity index is 580. The Hall–Kier alpha value is -1.15. The molecule has 0 spiro atoms. The molecule has 0 saturated carbocycles. The van der Waals surface area contributed by atoms with E-state index < -0.39 is 33.6 Å². The van der Waals surface area contributed by atoms with E-state index in [4.69, 9.17) is 4.74 Å². The number of carbonyl (C=O) groups excluding carboxylic acids is 2. The van der Waals surface area contributed by atoms with Crippen LogP contribution >= 0.6 is 0 Å². The lowest BCUT2D eigenvalue weighted by molar-refractivity contribution is -0.166. The van der Waals surface area contributed by atoms with Crippen molar-refractivity contribution >= 4 is 21.9 Å². The van der Waals surface area contributed by atoms with Gasteiger partial charge in [-0.3, -0.25) is 4.79 Å². The molecule has 8 heteroatoms. The first-order chi connectivity index (χ1) is 10.7. The number of likely N-dealkylation sites (N-methyl/N-ethyl adjacent to an activating group) is 1. The average Bonchev–Trinajstić information content (AvgIpc) is 2.84. The maximum atomic E-state index is 12.7. The highest BCUT2D eigenvalue weighted by Gasteiger charge is 2.39. The maximum Gasteiger partial charge on any atom is 0.329 e. The van der Waals surface area contributed by atoms with E-state index >= 15 is 0 Å². The molecule has 0 radical (unpaired) electrons. The average molecular weight is 362 g/mol. The van der Waals surface area contributed by atoms with Crippen LogP contribution in [-0.2, 0) is 24.3 Å². The van der Waals surface area contributed by atoms with Crippen LogP contribution < -0.4 is 0 Å². The predicted molar refractivity (Wildman–Crippen MR) is 91.8 cm³/mol. The number of sulfonamides is 1. The van der Waals surface area contributed by atoms with Crippen LogP contribution in [0.15, 0.2) is 0 Å². The van der Waals surface area contributed by atoms with Crippen LogP contribution in [0.3, 0.4) is 0 Å². The zero-order valence-corrected chi connectivity index (χ0v) is 16.5. The van der Waals surface area contributed by atoms with Crippen LogP contribution in [0.25, 0.3) is 0 Å². The van der Waals surface area contributed by atoms with Crippen LogP contribution in [0.2, 0.25) is 0 Å². The predicted octanol–water partition coefficient (Wildman–Crippen LogP) is 1.09. The van der Waals surface area contributed by atoms with E-state index in [1.807, 2.05) is 13.8 Å². The van der Waals surface area contributed by atoms with E-state index in [9.17, 15) is 18.0 Å². The molecule has 140 valence electrons. The summed E-state index contributed by atoms with van der Waals surface area (Å²) in [5, 5.41) is 0. The Morgan fingerprint density at radius 2 is 1.79 bits per heavy atom. The summed E-state index contributed by atoms with van der Waals surface area (Å²) in [4.78, 5) is 26.6. The molecule has 1 heterocycles. The first kappa shape index (κ1) is 20.9. The van der Waals surface area contributed by atoms with E-state index in [-0.39, 0.29) is 18.4 Å². The van der Waals surface area contributed by atoms with Crippen molar-refractivity contribution in [3.8, 4) is 0 Å². The van der Waals surface area contributed by atoms with Gasteiger partial charge in [-0.2, -0.15) is 0 Å². The van der Waals surface area contributed by atoms with E-state index in [2.05, 4.69) is 0 Å². The van der Waals surface area contributed by atoms with Crippen molar-refractivity contribution in [1.29, 1.82) is 0 Å². The van der Waals surface area contributed by atoms with E-state index in [0.29, 0.717) is 13.0 Å². The molecule has 0 aromatic rings. The molecule has 0 aromatic carbocycles. The number of amides is 1. The van der Waals surface area contributed by atoms with Crippen molar-refractivity contribution in [3.63, 3.8) is 0 Å². The molecular weight excluding hydrogens is 332 g/mol. The van der Waals surface area contributed by atoms with Crippen LogP contribution in [0.4, 0.5) is 0 Å². The number of carbonyl (C=O) groups is 2. The van der Waals surface area contributed by atoms with Crippen molar-refractivity contribution in [2.24, 2.45) is 11.8 Å². The topological polar surface area (TPSA) is 84.0 Å². The molecule has 24 heavy (non-hydrogen) atoms. The Labute approximate surface area is 145 Å². The third kappa shape index (κ3) is 5.44. The lowest BCUT2D eigenvalue weighted by Gasteiger charge is -2.33. The highest BCUT2D eigenvalue weighted by Crippen LogP contribution is 2.24. The zero-order valence-electron chi connectivity index (χ0n) is 15.7. The SMILES string of the molecule is CC(C)C(C(=O)OC(C)(C)C)N(C)C(=O)[C@H]1CCN(S(C)(=O)=O)C1. The minimum Gasteiger partial charge on any atom is -0.458 e. The number of hydrogen-bond donors (Lipinski definition) is 0. The van der Waals surface area contributed by atoms with Crippen molar-refractivity contribution < 1.29 is 22.7 Å². The fourth-order valence-electron chi connectivity index (χ4n) is 2.90. The summed E-state index contributed by atoms with van der Waals surface area (Å²) in [6, 6.07) is -0.691. The van der Waals surface area contributed by atoms with Crippen LogP contribution in [0, 0.1) is 11.8 Å². The normalized spacial score (nSPS) is 20.9. The molecule has 0 N–H and O–H groups in total. The highest BCUT2D eigenvalue weighted by molar-refractivity contribution is 7.88. The molecule has 1 unspecified atom stereocenters. The van der Waals surface area contributed by atoms with Gasteiger partial charge in [-0.1, -0.05) is 13.8 Å². The van der Waals surface area contributed by atoms with E-state index in [1.54, 1.807) is 27.8 Å². The molecule has 1 amide bonds. The molecule has 0 aliphatic carbocycles. The summed E-state index contributed by atoms with van der Waals surface area (Å²) in [6.45, 7) is 9.57.